The number of hydrogen-bond acceptors (Lipinski definition) is 5. The number of para-hydroxylation sites is 1. The first-order valence-corrected chi connectivity index (χ1v) is 17.4. The van der Waals surface area contributed by atoms with Gasteiger partial charge in [-0.2, -0.15) is 0 Å². The minimum absolute atomic E-state index is 0.570. The second kappa shape index (κ2) is 11.2. The smallest absolute Gasteiger partial charge is 0.164 e. The summed E-state index contributed by atoms with van der Waals surface area (Å²) in [6.07, 6.45) is 0. The molecule has 3 heterocycles. The third kappa shape index (κ3) is 4.33. The Balaban J connectivity index is 1.24. The van der Waals surface area contributed by atoms with E-state index in [4.69, 9.17) is 23.8 Å². The second-order valence-electron chi connectivity index (χ2n) is 13.1. The number of fused-ring (bicyclic) bond motifs is 9. The van der Waals surface area contributed by atoms with Gasteiger partial charge in [-0.3, -0.25) is 0 Å². The summed E-state index contributed by atoms with van der Waals surface area (Å²) in [5.74, 6) is 1.74. The Bertz CT molecular complexity index is 3190. The van der Waals surface area contributed by atoms with Crippen LogP contribution in [0.2, 0.25) is 0 Å². The molecule has 0 aliphatic carbocycles. The van der Waals surface area contributed by atoms with Crippen molar-refractivity contribution in [1.82, 2.24) is 15.0 Å². The highest BCUT2D eigenvalue weighted by Crippen LogP contribution is 2.43. The molecule has 0 N–H and O–H groups in total. The number of aromatic nitrogens is 3. The first-order chi connectivity index (χ1) is 25.8. The van der Waals surface area contributed by atoms with E-state index in [1.165, 1.54) is 0 Å². The molecule has 8 aromatic carbocycles. The Kier molecular flexibility index (Phi) is 6.18. The predicted molar refractivity (Wildman–Crippen MR) is 211 cm³/mol. The van der Waals surface area contributed by atoms with Crippen molar-refractivity contribution >= 4 is 65.4 Å². The van der Waals surface area contributed by atoms with E-state index in [-0.39, 0.29) is 0 Å². The Morgan fingerprint density at radius 1 is 0.327 bits per heavy atom. The number of hydrogen-bond donors (Lipinski definition) is 0. The van der Waals surface area contributed by atoms with Crippen LogP contribution in [0.5, 0.6) is 0 Å². The van der Waals surface area contributed by atoms with Crippen LogP contribution in [0.3, 0.4) is 0 Å². The van der Waals surface area contributed by atoms with Crippen LogP contribution in [0, 0.1) is 0 Å². The van der Waals surface area contributed by atoms with Gasteiger partial charge in [-0.1, -0.05) is 140 Å². The summed E-state index contributed by atoms with van der Waals surface area (Å²) in [6, 6.07) is 56.2. The summed E-state index contributed by atoms with van der Waals surface area (Å²) in [6.45, 7) is 0. The molecule has 0 aliphatic heterocycles. The second-order valence-corrected chi connectivity index (χ2v) is 13.1. The summed E-state index contributed by atoms with van der Waals surface area (Å²) in [7, 11) is 0. The van der Waals surface area contributed by atoms with E-state index in [0.717, 1.165) is 93.2 Å². The number of nitrogens with zero attached hydrogens (tertiary/aromatic N) is 3. The van der Waals surface area contributed by atoms with Gasteiger partial charge in [-0.15, -0.1) is 0 Å². The molecule has 0 fully saturated rings. The Morgan fingerprint density at radius 3 is 1.62 bits per heavy atom. The zero-order chi connectivity index (χ0) is 34.2. The van der Waals surface area contributed by atoms with Crippen molar-refractivity contribution in [2.45, 2.75) is 0 Å². The normalized spacial score (nSPS) is 11.8. The molecule has 0 radical (unpaired) electrons. The van der Waals surface area contributed by atoms with Gasteiger partial charge in [0.15, 0.2) is 17.5 Å². The third-order valence-corrected chi connectivity index (χ3v) is 10.1. The Labute approximate surface area is 297 Å². The fourth-order valence-electron chi connectivity index (χ4n) is 7.81. The van der Waals surface area contributed by atoms with Crippen molar-refractivity contribution in [3.63, 3.8) is 0 Å². The van der Waals surface area contributed by atoms with Gasteiger partial charge < -0.3 is 8.83 Å². The lowest BCUT2D eigenvalue weighted by Gasteiger charge is -2.12. The van der Waals surface area contributed by atoms with E-state index in [9.17, 15) is 0 Å². The lowest BCUT2D eigenvalue weighted by atomic mass is 9.94. The Morgan fingerprint density at radius 2 is 0.846 bits per heavy atom. The topological polar surface area (TPSA) is 65.0 Å². The highest BCUT2D eigenvalue weighted by Gasteiger charge is 2.22. The van der Waals surface area contributed by atoms with Crippen LogP contribution in [0.1, 0.15) is 0 Å². The standard InChI is InChI=1S/C47H27N3O2/c1-2-13-29(14-3-1)37-27-38-43-36(23-12-26-41(43)52-44(38)32-19-7-6-18-31(32)37)47-49-45(33-21-10-16-28-15-4-5-17-30(28)33)48-46(50-47)35-22-11-25-40-42(35)34-20-8-9-24-39(34)51-40/h1-27H. The maximum atomic E-state index is 6.72. The van der Waals surface area contributed by atoms with E-state index in [0.29, 0.717) is 17.5 Å². The third-order valence-electron chi connectivity index (χ3n) is 10.1. The van der Waals surface area contributed by atoms with E-state index < -0.39 is 0 Å². The summed E-state index contributed by atoms with van der Waals surface area (Å²) >= 11 is 0. The van der Waals surface area contributed by atoms with Crippen LogP contribution < -0.4 is 0 Å². The van der Waals surface area contributed by atoms with Gasteiger partial charge in [0.2, 0.25) is 0 Å². The molecule has 0 aliphatic rings. The van der Waals surface area contributed by atoms with Crippen LogP contribution in [0.4, 0.5) is 0 Å². The fraction of sp³-hybridized carbons (Fsp3) is 0. The summed E-state index contributed by atoms with van der Waals surface area (Å²) < 4.78 is 13.0. The molecule has 0 amide bonds. The average molecular weight is 666 g/mol. The first-order valence-electron chi connectivity index (χ1n) is 17.4. The van der Waals surface area contributed by atoms with Crippen LogP contribution in [-0.4, -0.2) is 15.0 Å². The Hall–Kier alpha value is -7.11. The highest BCUT2D eigenvalue weighted by atomic mass is 16.3. The molecular weight excluding hydrogens is 639 g/mol. The molecule has 5 heteroatoms. The van der Waals surface area contributed by atoms with E-state index in [1.54, 1.807) is 0 Å². The van der Waals surface area contributed by atoms with Gasteiger partial charge in [-0.05, 0) is 51.6 Å². The van der Waals surface area contributed by atoms with Gasteiger partial charge >= 0.3 is 0 Å². The molecule has 0 atom stereocenters. The predicted octanol–water partition coefficient (Wildman–Crippen LogP) is 12.6. The molecule has 242 valence electrons. The van der Waals surface area contributed by atoms with Crippen LogP contribution >= 0.6 is 0 Å². The van der Waals surface area contributed by atoms with Crippen molar-refractivity contribution in [1.29, 1.82) is 0 Å². The van der Waals surface area contributed by atoms with Crippen LogP contribution in [-0.2, 0) is 0 Å². The maximum Gasteiger partial charge on any atom is 0.164 e. The van der Waals surface area contributed by atoms with Gasteiger partial charge in [0.05, 0.1) is 0 Å². The highest BCUT2D eigenvalue weighted by molar-refractivity contribution is 6.22. The van der Waals surface area contributed by atoms with Gasteiger partial charge in [0, 0.05) is 43.6 Å². The van der Waals surface area contributed by atoms with Crippen molar-refractivity contribution in [3.05, 3.63) is 164 Å². The van der Waals surface area contributed by atoms with Crippen LogP contribution in [0.15, 0.2) is 173 Å². The molecular formula is C47H27N3O2. The number of benzene rings is 8. The molecule has 11 rings (SSSR count). The van der Waals surface area contributed by atoms with Gasteiger partial charge in [0.1, 0.15) is 22.3 Å². The fourth-order valence-corrected chi connectivity index (χ4v) is 7.81. The number of furan rings is 2. The van der Waals surface area contributed by atoms with Crippen molar-refractivity contribution in [2.75, 3.05) is 0 Å². The molecule has 0 saturated heterocycles. The monoisotopic (exact) mass is 665 g/mol. The van der Waals surface area contributed by atoms with E-state index in [2.05, 4.69) is 115 Å². The first kappa shape index (κ1) is 28.7. The number of rotatable bonds is 4. The van der Waals surface area contributed by atoms with Crippen molar-refractivity contribution in [3.8, 4) is 45.3 Å². The van der Waals surface area contributed by atoms with Gasteiger partial charge in [-0.25, -0.2) is 15.0 Å². The van der Waals surface area contributed by atoms with Crippen LogP contribution in [0.25, 0.3) is 111 Å². The molecule has 5 nitrogen and oxygen atoms in total. The van der Waals surface area contributed by atoms with Gasteiger partial charge in [0.25, 0.3) is 0 Å². The minimum Gasteiger partial charge on any atom is -0.456 e. The summed E-state index contributed by atoms with van der Waals surface area (Å²) in [5, 5.41) is 8.37. The quantitative estimate of drug-likeness (QED) is 0.187. The van der Waals surface area contributed by atoms with E-state index in [1.807, 2.05) is 48.5 Å². The largest absolute Gasteiger partial charge is 0.456 e. The zero-order valence-corrected chi connectivity index (χ0v) is 27.7. The minimum atomic E-state index is 0.570. The zero-order valence-electron chi connectivity index (χ0n) is 27.7. The van der Waals surface area contributed by atoms with E-state index >= 15 is 0 Å². The molecule has 3 aromatic heterocycles. The molecule has 0 spiro atoms. The average Bonchev–Trinajstić information content (AvgIpc) is 3.79. The lowest BCUT2D eigenvalue weighted by molar-refractivity contribution is 0.669. The summed E-state index contributed by atoms with van der Waals surface area (Å²) in [4.78, 5) is 15.8. The molecule has 11 aromatic rings. The summed E-state index contributed by atoms with van der Waals surface area (Å²) in [5.41, 5.74) is 8.22. The molecule has 52 heavy (non-hydrogen) atoms. The van der Waals surface area contributed by atoms with Crippen molar-refractivity contribution < 1.29 is 8.83 Å². The maximum absolute atomic E-state index is 6.72. The van der Waals surface area contributed by atoms with Crippen molar-refractivity contribution in [2.24, 2.45) is 0 Å². The molecule has 0 bridgehead atoms. The molecule has 0 saturated carbocycles. The molecule has 0 unspecified atom stereocenters. The lowest BCUT2D eigenvalue weighted by Crippen LogP contribution is -2.01. The SMILES string of the molecule is c1ccc(-c2cc3c(oc4cccc(-c5nc(-c6cccc7ccccc67)nc(-c6cccc7oc8ccccc8c67)n5)c43)c3ccccc23)cc1.